The number of rotatable bonds is 2. The van der Waals surface area contributed by atoms with Crippen molar-refractivity contribution in [1.82, 2.24) is 0 Å². The molecule has 0 bridgehead atoms. The first-order valence-electron chi connectivity index (χ1n) is 7.43. The number of hydrogen-bond acceptors (Lipinski definition) is 3. The van der Waals surface area contributed by atoms with Crippen LogP contribution in [0.15, 0.2) is 27.7 Å². The third-order valence-corrected chi connectivity index (χ3v) is 6.18. The summed E-state index contributed by atoms with van der Waals surface area (Å²) in [6.07, 6.45) is 6.56. The van der Waals surface area contributed by atoms with Gasteiger partial charge < -0.3 is 5.32 Å². The zero-order valence-electron chi connectivity index (χ0n) is 11.9. The van der Waals surface area contributed by atoms with Crippen LogP contribution in [0.25, 0.3) is 0 Å². The monoisotopic (exact) mass is 352 g/mol. The van der Waals surface area contributed by atoms with Crippen LogP contribution in [0.4, 0.5) is 5.69 Å². The number of nitrogens with zero attached hydrogens (tertiary/aromatic N) is 1. The van der Waals surface area contributed by atoms with Crippen LogP contribution in [0.1, 0.15) is 38.2 Å². The van der Waals surface area contributed by atoms with Crippen LogP contribution in [0.2, 0.25) is 0 Å². The zero-order valence-corrected chi connectivity index (χ0v) is 14.3. The molecule has 1 spiro atoms. The summed E-state index contributed by atoms with van der Waals surface area (Å²) >= 11 is 5.44. The molecule has 1 heterocycles. The minimum absolute atomic E-state index is 0.517. The topological polar surface area (TPSA) is 24.4 Å². The Kier molecular flexibility index (Phi) is 4.41. The van der Waals surface area contributed by atoms with Gasteiger partial charge in [-0.15, -0.1) is 0 Å². The number of halogens is 1. The van der Waals surface area contributed by atoms with Gasteiger partial charge in [0.2, 0.25) is 0 Å². The number of aliphatic imine (C=N–C) groups is 1. The molecule has 2 aliphatic rings. The molecule has 20 heavy (non-hydrogen) atoms. The van der Waals surface area contributed by atoms with Gasteiger partial charge >= 0.3 is 0 Å². The van der Waals surface area contributed by atoms with Crippen LogP contribution >= 0.6 is 27.7 Å². The quantitative estimate of drug-likeness (QED) is 0.801. The Balaban J connectivity index is 1.71. The zero-order chi connectivity index (χ0) is 14.0. The maximum Gasteiger partial charge on any atom is 0.161 e. The van der Waals surface area contributed by atoms with E-state index in [0.717, 1.165) is 22.6 Å². The van der Waals surface area contributed by atoms with Gasteiger partial charge in [0, 0.05) is 22.5 Å². The van der Waals surface area contributed by atoms with Gasteiger partial charge in [-0.25, -0.2) is 0 Å². The molecular weight excluding hydrogens is 332 g/mol. The molecule has 4 heteroatoms. The smallest absolute Gasteiger partial charge is 0.161 e. The van der Waals surface area contributed by atoms with Gasteiger partial charge in [0.05, 0.1) is 0 Å². The third-order valence-electron chi connectivity index (χ3n) is 4.43. The van der Waals surface area contributed by atoms with E-state index in [1.165, 1.54) is 42.7 Å². The Labute approximate surface area is 134 Å². The number of anilines is 1. The Morgan fingerprint density at radius 1 is 1.35 bits per heavy atom. The summed E-state index contributed by atoms with van der Waals surface area (Å²) in [6, 6.07) is 6.43. The van der Waals surface area contributed by atoms with Crippen molar-refractivity contribution in [2.75, 3.05) is 17.6 Å². The Hall–Kier alpha value is -0.480. The molecule has 0 saturated heterocycles. The van der Waals surface area contributed by atoms with Crippen molar-refractivity contribution in [3.8, 4) is 0 Å². The van der Waals surface area contributed by atoms with Gasteiger partial charge in [-0.2, -0.15) is 0 Å². The molecule has 0 amide bonds. The van der Waals surface area contributed by atoms with Crippen molar-refractivity contribution in [1.29, 1.82) is 0 Å². The minimum atomic E-state index is 0.517. The molecule has 3 rings (SSSR count). The number of aryl methyl sites for hydroxylation is 1. The molecule has 0 atom stereocenters. The maximum atomic E-state index is 4.81. The minimum Gasteiger partial charge on any atom is -0.335 e. The standard InChI is InChI=1S/C16H21BrN2S/c1-2-12-9-13(17)5-6-14(12)19-15-18-10-16(11-20-15)7-3-4-8-16/h5-6,9H,2-4,7-8,10-11H2,1H3,(H,18,19). The van der Waals surface area contributed by atoms with Gasteiger partial charge in [-0.3, -0.25) is 4.99 Å². The van der Waals surface area contributed by atoms with E-state index in [9.17, 15) is 0 Å². The van der Waals surface area contributed by atoms with E-state index in [2.05, 4.69) is 46.4 Å². The van der Waals surface area contributed by atoms with Crippen molar-refractivity contribution in [2.24, 2.45) is 10.4 Å². The first-order valence-corrected chi connectivity index (χ1v) is 9.21. The van der Waals surface area contributed by atoms with Crippen LogP contribution < -0.4 is 5.32 Å². The second kappa shape index (κ2) is 6.10. The lowest BCUT2D eigenvalue weighted by molar-refractivity contribution is 0.359. The molecule has 108 valence electrons. The summed E-state index contributed by atoms with van der Waals surface area (Å²) in [6.45, 7) is 3.20. The van der Waals surface area contributed by atoms with Crippen molar-refractivity contribution >= 4 is 38.5 Å². The van der Waals surface area contributed by atoms with E-state index in [4.69, 9.17) is 4.99 Å². The number of amidine groups is 1. The number of nitrogens with one attached hydrogen (secondary N) is 1. The molecule has 0 radical (unpaired) electrons. The summed E-state index contributed by atoms with van der Waals surface area (Å²) in [5.41, 5.74) is 3.05. The van der Waals surface area contributed by atoms with Crippen LogP contribution in [0.5, 0.6) is 0 Å². The van der Waals surface area contributed by atoms with Crippen molar-refractivity contribution in [3.63, 3.8) is 0 Å². The van der Waals surface area contributed by atoms with E-state index in [0.29, 0.717) is 5.41 Å². The van der Waals surface area contributed by atoms with Crippen molar-refractivity contribution in [2.45, 2.75) is 39.0 Å². The first-order chi connectivity index (χ1) is 9.71. The Morgan fingerprint density at radius 2 is 2.15 bits per heavy atom. The summed E-state index contributed by atoms with van der Waals surface area (Å²) in [5.74, 6) is 1.23. The normalized spacial score (nSPS) is 21.0. The largest absolute Gasteiger partial charge is 0.335 e. The summed E-state index contributed by atoms with van der Waals surface area (Å²) < 4.78 is 1.14. The lowest BCUT2D eigenvalue weighted by atomic mass is 9.89. The third kappa shape index (κ3) is 3.06. The van der Waals surface area contributed by atoms with Crippen LogP contribution in [-0.4, -0.2) is 17.5 Å². The van der Waals surface area contributed by atoms with Crippen LogP contribution in [0.3, 0.4) is 0 Å². The van der Waals surface area contributed by atoms with Gasteiger partial charge in [0.15, 0.2) is 5.17 Å². The van der Waals surface area contributed by atoms with Gasteiger partial charge in [0.25, 0.3) is 0 Å². The molecular formula is C16H21BrN2S. The highest BCUT2D eigenvalue weighted by molar-refractivity contribution is 9.10. The lowest BCUT2D eigenvalue weighted by Gasteiger charge is -2.31. The second-order valence-corrected chi connectivity index (χ2v) is 7.78. The molecule has 1 aliphatic carbocycles. The second-order valence-electron chi connectivity index (χ2n) is 5.90. The number of hydrogen-bond donors (Lipinski definition) is 1. The predicted octanol–water partition coefficient (Wildman–Crippen LogP) is 5.09. The number of thioether (sulfide) groups is 1. The molecule has 1 fully saturated rings. The highest BCUT2D eigenvalue weighted by atomic mass is 79.9. The predicted molar refractivity (Wildman–Crippen MR) is 92.8 cm³/mol. The lowest BCUT2D eigenvalue weighted by Crippen LogP contribution is -2.30. The summed E-state index contributed by atoms with van der Waals surface area (Å²) in [4.78, 5) is 4.81. The average molecular weight is 353 g/mol. The van der Waals surface area contributed by atoms with Crippen molar-refractivity contribution < 1.29 is 0 Å². The van der Waals surface area contributed by atoms with Gasteiger partial charge in [-0.1, -0.05) is 47.5 Å². The highest BCUT2D eigenvalue weighted by Crippen LogP contribution is 2.43. The SMILES string of the molecule is CCc1cc(Br)ccc1NC1=NCC2(CCCC2)CS1. The average Bonchev–Trinajstić information content (AvgIpc) is 2.92. The fraction of sp³-hybridized carbons (Fsp3) is 0.562. The molecule has 1 aromatic carbocycles. The molecule has 2 nitrogen and oxygen atoms in total. The van der Waals surface area contributed by atoms with E-state index in [1.54, 1.807) is 0 Å². The summed E-state index contributed by atoms with van der Waals surface area (Å²) in [7, 11) is 0. The van der Waals surface area contributed by atoms with Crippen molar-refractivity contribution in [3.05, 3.63) is 28.2 Å². The molecule has 1 aromatic rings. The van der Waals surface area contributed by atoms with E-state index < -0.39 is 0 Å². The van der Waals surface area contributed by atoms with Gasteiger partial charge in [-0.05, 0) is 48.4 Å². The van der Waals surface area contributed by atoms with Gasteiger partial charge in [0.1, 0.15) is 0 Å². The van der Waals surface area contributed by atoms with E-state index in [1.807, 2.05) is 11.8 Å². The van der Waals surface area contributed by atoms with Crippen LogP contribution in [0, 0.1) is 5.41 Å². The number of benzene rings is 1. The first kappa shape index (κ1) is 14.5. The molecule has 1 saturated carbocycles. The maximum absolute atomic E-state index is 4.81. The Bertz CT molecular complexity index is 521. The highest BCUT2D eigenvalue weighted by Gasteiger charge is 2.36. The molecule has 1 aliphatic heterocycles. The fourth-order valence-corrected chi connectivity index (χ4v) is 4.72. The summed E-state index contributed by atoms with van der Waals surface area (Å²) in [5, 5.41) is 4.62. The molecule has 1 N–H and O–H groups in total. The fourth-order valence-electron chi connectivity index (χ4n) is 3.15. The Morgan fingerprint density at radius 3 is 2.80 bits per heavy atom. The molecule has 0 aromatic heterocycles. The van der Waals surface area contributed by atoms with E-state index >= 15 is 0 Å². The molecule has 0 unspecified atom stereocenters. The van der Waals surface area contributed by atoms with E-state index in [-0.39, 0.29) is 0 Å². The van der Waals surface area contributed by atoms with Crippen LogP contribution in [-0.2, 0) is 6.42 Å².